The fourth-order valence-corrected chi connectivity index (χ4v) is 6.30. The van der Waals surface area contributed by atoms with E-state index in [1.54, 1.807) is 0 Å². The molecule has 0 N–H and O–H groups in total. The summed E-state index contributed by atoms with van der Waals surface area (Å²) in [5, 5.41) is 0. The molecule has 0 radical (unpaired) electrons. The van der Waals surface area contributed by atoms with Crippen molar-refractivity contribution in [2.75, 3.05) is 0 Å². The van der Waals surface area contributed by atoms with Gasteiger partial charge < -0.3 is 0 Å². The van der Waals surface area contributed by atoms with Crippen LogP contribution in [0, 0.1) is 5.41 Å². The zero-order valence-electron chi connectivity index (χ0n) is 25.9. The third kappa shape index (κ3) is 25.3. The second kappa shape index (κ2) is 29.8. The molecule has 218 valence electrons. The van der Waals surface area contributed by atoms with Crippen molar-refractivity contribution in [2.45, 2.75) is 193 Å². The first-order valence-corrected chi connectivity index (χ1v) is 17.1. The van der Waals surface area contributed by atoms with E-state index in [1.807, 2.05) is 0 Å². The first kappa shape index (κ1) is 36.2. The summed E-state index contributed by atoms with van der Waals surface area (Å²) in [6.07, 6.45) is 47.1. The molecule has 0 aromatic rings. The minimum Gasteiger partial charge on any atom is -0.103 e. The van der Waals surface area contributed by atoms with E-state index in [4.69, 9.17) is 0 Å². The Morgan fingerprint density at radius 1 is 0.351 bits per heavy atom. The van der Waals surface area contributed by atoms with Crippen molar-refractivity contribution >= 4 is 0 Å². The summed E-state index contributed by atoms with van der Waals surface area (Å²) < 4.78 is 0. The van der Waals surface area contributed by atoms with Gasteiger partial charge in [0.2, 0.25) is 0 Å². The molecule has 0 heterocycles. The Balaban J connectivity index is 4.39. The molecule has 0 aliphatic carbocycles. The van der Waals surface area contributed by atoms with Crippen molar-refractivity contribution < 1.29 is 0 Å². The normalized spacial score (nSPS) is 11.6. The van der Waals surface area contributed by atoms with E-state index in [-0.39, 0.29) is 0 Å². The van der Waals surface area contributed by atoms with Gasteiger partial charge in [-0.2, -0.15) is 0 Å². The van der Waals surface area contributed by atoms with E-state index in [2.05, 4.69) is 44.9 Å². The molecule has 37 heavy (non-hydrogen) atoms. The molecule has 0 saturated carbocycles. The maximum absolute atomic E-state index is 3.85. The molecule has 0 atom stereocenters. The summed E-state index contributed by atoms with van der Waals surface area (Å²) in [6.45, 7) is 14.0. The molecule has 0 saturated heterocycles. The van der Waals surface area contributed by atoms with Crippen molar-refractivity contribution in [1.29, 1.82) is 0 Å². The SMILES string of the molecule is C=CCCCCCCCCCC(CCC)(CCCCCCCCCC=C)CCCCCCCCCC=C. The van der Waals surface area contributed by atoms with Crippen molar-refractivity contribution in [3.8, 4) is 0 Å². The molecule has 0 amide bonds. The first-order valence-electron chi connectivity index (χ1n) is 17.1. The van der Waals surface area contributed by atoms with Crippen LogP contribution >= 0.6 is 0 Å². The molecule has 0 heteroatoms. The maximum Gasteiger partial charge on any atom is -0.0298 e. The van der Waals surface area contributed by atoms with Gasteiger partial charge in [0.15, 0.2) is 0 Å². The molecule has 0 aliphatic rings. The Bertz CT molecular complexity index is 408. The molecule has 0 nitrogen and oxygen atoms in total. The van der Waals surface area contributed by atoms with E-state index in [9.17, 15) is 0 Å². The minimum atomic E-state index is 0.645. The Hall–Kier alpha value is -0.780. The number of unbranched alkanes of at least 4 members (excludes halogenated alkanes) is 21. The molecule has 0 aliphatic heterocycles. The van der Waals surface area contributed by atoms with Gasteiger partial charge in [-0.1, -0.05) is 147 Å². The van der Waals surface area contributed by atoms with Crippen molar-refractivity contribution in [3.05, 3.63) is 38.0 Å². The largest absolute Gasteiger partial charge is 0.103 e. The van der Waals surface area contributed by atoms with Crippen LogP contribution in [0.15, 0.2) is 38.0 Å². The Kier molecular flexibility index (Phi) is 29.1. The zero-order valence-corrected chi connectivity index (χ0v) is 25.9. The fraction of sp³-hybridized carbons (Fsp3) is 0.838. The van der Waals surface area contributed by atoms with Gasteiger partial charge in [0.05, 0.1) is 0 Å². The van der Waals surface area contributed by atoms with E-state index < -0.39 is 0 Å². The monoisotopic (exact) mass is 515 g/mol. The highest BCUT2D eigenvalue weighted by molar-refractivity contribution is 4.80. The Morgan fingerprint density at radius 3 is 0.838 bits per heavy atom. The lowest BCUT2D eigenvalue weighted by molar-refractivity contribution is 0.176. The molecule has 0 unspecified atom stereocenters. The number of hydrogen-bond donors (Lipinski definition) is 0. The molecule has 0 fully saturated rings. The topological polar surface area (TPSA) is 0 Å². The van der Waals surface area contributed by atoms with Crippen LogP contribution in [0.25, 0.3) is 0 Å². The number of allylic oxidation sites excluding steroid dienone is 3. The first-order chi connectivity index (χ1) is 18.2. The van der Waals surface area contributed by atoms with Gasteiger partial charge in [0, 0.05) is 0 Å². The third-order valence-corrected chi connectivity index (χ3v) is 8.63. The van der Waals surface area contributed by atoms with Gasteiger partial charge in [-0.15, -0.1) is 19.7 Å². The average molecular weight is 515 g/mol. The average Bonchev–Trinajstić information content (AvgIpc) is 2.90. The van der Waals surface area contributed by atoms with Crippen LogP contribution < -0.4 is 0 Å². The van der Waals surface area contributed by atoms with E-state index in [0.29, 0.717) is 5.41 Å². The Morgan fingerprint density at radius 2 is 0.595 bits per heavy atom. The molecule has 0 rings (SSSR count). The van der Waals surface area contributed by atoms with Gasteiger partial charge in [0.25, 0.3) is 0 Å². The van der Waals surface area contributed by atoms with Crippen LogP contribution in [0.5, 0.6) is 0 Å². The van der Waals surface area contributed by atoms with Crippen LogP contribution in [0.3, 0.4) is 0 Å². The van der Waals surface area contributed by atoms with Gasteiger partial charge >= 0.3 is 0 Å². The van der Waals surface area contributed by atoms with Crippen LogP contribution in [0.4, 0.5) is 0 Å². The second-order valence-electron chi connectivity index (χ2n) is 12.2. The van der Waals surface area contributed by atoms with Crippen molar-refractivity contribution in [1.82, 2.24) is 0 Å². The van der Waals surface area contributed by atoms with Crippen LogP contribution in [0.2, 0.25) is 0 Å². The van der Waals surface area contributed by atoms with Crippen LogP contribution in [0.1, 0.15) is 193 Å². The van der Waals surface area contributed by atoms with Crippen molar-refractivity contribution in [2.24, 2.45) is 5.41 Å². The van der Waals surface area contributed by atoms with E-state index in [0.717, 1.165) is 0 Å². The summed E-state index contributed by atoms with van der Waals surface area (Å²) in [6, 6.07) is 0. The van der Waals surface area contributed by atoms with Crippen LogP contribution in [-0.2, 0) is 0 Å². The number of rotatable bonds is 32. The molecular formula is C37H70. The molecule has 0 aromatic carbocycles. The highest BCUT2D eigenvalue weighted by atomic mass is 14.3. The molecule has 0 spiro atoms. The lowest BCUT2D eigenvalue weighted by Gasteiger charge is -2.35. The van der Waals surface area contributed by atoms with E-state index >= 15 is 0 Å². The minimum absolute atomic E-state index is 0.645. The summed E-state index contributed by atoms with van der Waals surface area (Å²) in [5.41, 5.74) is 0.645. The summed E-state index contributed by atoms with van der Waals surface area (Å²) >= 11 is 0. The van der Waals surface area contributed by atoms with Gasteiger partial charge in [-0.05, 0) is 69.6 Å². The summed E-state index contributed by atoms with van der Waals surface area (Å²) in [5.74, 6) is 0. The highest BCUT2D eigenvalue weighted by Crippen LogP contribution is 2.41. The summed E-state index contributed by atoms with van der Waals surface area (Å²) in [4.78, 5) is 0. The zero-order chi connectivity index (χ0) is 27.1. The van der Waals surface area contributed by atoms with E-state index in [1.165, 1.54) is 186 Å². The number of hydrogen-bond acceptors (Lipinski definition) is 0. The van der Waals surface area contributed by atoms with Crippen LogP contribution in [-0.4, -0.2) is 0 Å². The third-order valence-electron chi connectivity index (χ3n) is 8.63. The second-order valence-corrected chi connectivity index (χ2v) is 12.2. The van der Waals surface area contributed by atoms with Gasteiger partial charge in [0.1, 0.15) is 0 Å². The quantitative estimate of drug-likeness (QED) is 0.0618. The Labute approximate surface area is 236 Å². The van der Waals surface area contributed by atoms with Gasteiger partial charge in [-0.25, -0.2) is 0 Å². The molecular weight excluding hydrogens is 444 g/mol. The predicted octanol–water partition coefficient (Wildman–Crippen LogP) is 13.9. The summed E-state index contributed by atoms with van der Waals surface area (Å²) in [7, 11) is 0. The standard InChI is InChI=1S/C37H70/c1-5-9-12-15-18-21-24-27-30-34-37(33-8-4,35-31-28-25-22-19-16-13-10-6-2)36-32-29-26-23-20-17-14-11-7-3/h5-7H,1-3,8-36H2,4H3. The predicted molar refractivity (Wildman–Crippen MR) is 173 cm³/mol. The fourth-order valence-electron chi connectivity index (χ4n) is 6.30. The lowest BCUT2D eigenvalue weighted by Crippen LogP contribution is -2.21. The smallest absolute Gasteiger partial charge is 0.0298 e. The molecule has 0 bridgehead atoms. The maximum atomic E-state index is 3.85. The van der Waals surface area contributed by atoms with Crippen molar-refractivity contribution in [3.63, 3.8) is 0 Å². The molecule has 0 aromatic heterocycles. The highest BCUT2D eigenvalue weighted by Gasteiger charge is 2.27. The lowest BCUT2D eigenvalue weighted by atomic mass is 9.71. The van der Waals surface area contributed by atoms with Gasteiger partial charge in [-0.3, -0.25) is 0 Å².